The normalized spacial score (nSPS) is 10.3. The predicted molar refractivity (Wildman–Crippen MR) is 70.1 cm³/mol. The molecule has 8 heteroatoms. The maximum absolute atomic E-state index is 13.5. The molecule has 0 aliphatic rings. The fourth-order valence-corrected chi connectivity index (χ4v) is 1.51. The van der Waals surface area contributed by atoms with E-state index in [-0.39, 0.29) is 23.6 Å². The molecular weight excluding hydrogens is 273 g/mol. The Morgan fingerprint density at radius 1 is 1.37 bits per heavy atom. The van der Waals surface area contributed by atoms with E-state index in [1.807, 2.05) is 0 Å². The molecule has 2 rings (SSSR count). The van der Waals surface area contributed by atoms with Crippen LogP contribution < -0.4 is 15.8 Å². The van der Waals surface area contributed by atoms with Crippen LogP contribution in [0.1, 0.15) is 6.92 Å². The number of nitrogens with zero attached hydrogens (tertiary/aromatic N) is 3. The zero-order valence-electron chi connectivity index (χ0n) is 10.0. The zero-order chi connectivity index (χ0) is 13.8. The fraction of sp³-hybridized carbons (Fsp3) is 0.182. The Balaban J connectivity index is 2.29. The van der Waals surface area contributed by atoms with E-state index in [1.165, 1.54) is 18.2 Å². The lowest BCUT2D eigenvalue weighted by atomic mass is 10.3. The number of hydrogen-bond donors (Lipinski definition) is 2. The third-order valence-corrected chi connectivity index (χ3v) is 2.32. The van der Waals surface area contributed by atoms with Gasteiger partial charge < -0.3 is 15.8 Å². The van der Waals surface area contributed by atoms with Crippen molar-refractivity contribution in [1.29, 1.82) is 0 Å². The Morgan fingerprint density at radius 3 is 2.89 bits per heavy atom. The van der Waals surface area contributed by atoms with E-state index in [4.69, 9.17) is 22.1 Å². The monoisotopic (exact) mass is 283 g/mol. The van der Waals surface area contributed by atoms with Crippen LogP contribution in [-0.4, -0.2) is 21.6 Å². The van der Waals surface area contributed by atoms with Crippen molar-refractivity contribution in [3.8, 4) is 6.01 Å². The summed E-state index contributed by atoms with van der Waals surface area (Å²) in [4.78, 5) is 11.6. The molecule has 0 amide bonds. The van der Waals surface area contributed by atoms with Gasteiger partial charge in [0.1, 0.15) is 5.82 Å². The molecule has 1 aromatic heterocycles. The maximum Gasteiger partial charge on any atom is 0.323 e. The number of nitrogen functional groups attached to an aromatic ring is 1. The van der Waals surface area contributed by atoms with Gasteiger partial charge in [-0.2, -0.15) is 15.0 Å². The SMILES string of the molecule is CCOc1nc(N)nc(Nc2cc(Cl)ccc2F)n1. The van der Waals surface area contributed by atoms with Gasteiger partial charge in [-0.3, -0.25) is 0 Å². The van der Waals surface area contributed by atoms with Crippen LogP contribution in [0.2, 0.25) is 5.02 Å². The van der Waals surface area contributed by atoms with Gasteiger partial charge in [0.15, 0.2) is 0 Å². The van der Waals surface area contributed by atoms with Crippen molar-refractivity contribution in [2.75, 3.05) is 17.7 Å². The minimum Gasteiger partial charge on any atom is -0.464 e. The molecule has 1 aromatic carbocycles. The number of aromatic nitrogens is 3. The number of benzene rings is 1. The molecule has 6 nitrogen and oxygen atoms in total. The van der Waals surface area contributed by atoms with E-state index in [1.54, 1.807) is 6.92 Å². The molecule has 2 aromatic rings. The minimum atomic E-state index is -0.485. The van der Waals surface area contributed by atoms with Crippen molar-refractivity contribution < 1.29 is 9.13 Å². The summed E-state index contributed by atoms with van der Waals surface area (Å²) in [6.07, 6.45) is 0. The molecule has 100 valence electrons. The first-order valence-electron chi connectivity index (χ1n) is 5.45. The van der Waals surface area contributed by atoms with Crippen molar-refractivity contribution >= 4 is 29.2 Å². The Kier molecular flexibility index (Phi) is 3.96. The van der Waals surface area contributed by atoms with E-state index < -0.39 is 5.82 Å². The van der Waals surface area contributed by atoms with Crippen LogP contribution in [0.25, 0.3) is 0 Å². The topological polar surface area (TPSA) is 86.0 Å². The van der Waals surface area contributed by atoms with Gasteiger partial charge in [0, 0.05) is 5.02 Å². The van der Waals surface area contributed by atoms with E-state index in [9.17, 15) is 4.39 Å². The highest BCUT2D eigenvalue weighted by Crippen LogP contribution is 2.22. The van der Waals surface area contributed by atoms with E-state index in [0.717, 1.165) is 0 Å². The first kappa shape index (κ1) is 13.3. The maximum atomic E-state index is 13.5. The second kappa shape index (κ2) is 5.66. The summed E-state index contributed by atoms with van der Waals surface area (Å²) in [6, 6.07) is 4.16. The number of nitrogens with two attached hydrogens (primary N) is 1. The van der Waals surface area contributed by atoms with Gasteiger partial charge in [0.05, 0.1) is 12.3 Å². The second-order valence-corrected chi connectivity index (χ2v) is 3.92. The summed E-state index contributed by atoms with van der Waals surface area (Å²) >= 11 is 5.79. The Bertz CT molecular complexity index is 595. The van der Waals surface area contributed by atoms with Gasteiger partial charge in [-0.25, -0.2) is 4.39 Å². The quantitative estimate of drug-likeness (QED) is 0.896. The smallest absolute Gasteiger partial charge is 0.323 e. The van der Waals surface area contributed by atoms with E-state index in [0.29, 0.717) is 11.6 Å². The van der Waals surface area contributed by atoms with Crippen molar-refractivity contribution in [3.05, 3.63) is 29.0 Å². The Morgan fingerprint density at radius 2 is 2.16 bits per heavy atom. The average Bonchev–Trinajstić information content (AvgIpc) is 2.33. The molecule has 0 aliphatic heterocycles. The summed E-state index contributed by atoms with van der Waals surface area (Å²) < 4.78 is 18.7. The lowest BCUT2D eigenvalue weighted by Crippen LogP contribution is -2.07. The molecule has 0 aliphatic carbocycles. The first-order chi connectivity index (χ1) is 9.08. The minimum absolute atomic E-state index is 0.0246. The highest BCUT2D eigenvalue weighted by molar-refractivity contribution is 6.30. The molecule has 0 saturated carbocycles. The summed E-state index contributed by atoms with van der Waals surface area (Å²) in [6.45, 7) is 2.16. The van der Waals surface area contributed by atoms with Crippen LogP contribution in [0.3, 0.4) is 0 Å². The van der Waals surface area contributed by atoms with Crippen LogP contribution >= 0.6 is 11.6 Å². The lowest BCUT2D eigenvalue weighted by Gasteiger charge is -2.08. The van der Waals surface area contributed by atoms with Crippen LogP contribution in [-0.2, 0) is 0 Å². The van der Waals surface area contributed by atoms with Gasteiger partial charge in [-0.1, -0.05) is 11.6 Å². The van der Waals surface area contributed by atoms with Gasteiger partial charge in [-0.15, -0.1) is 0 Å². The Hall–Kier alpha value is -2.15. The summed E-state index contributed by atoms with van der Waals surface area (Å²) in [5, 5.41) is 3.06. The summed E-state index contributed by atoms with van der Waals surface area (Å²) in [7, 11) is 0. The number of ether oxygens (including phenoxy) is 1. The molecule has 0 bridgehead atoms. The Labute approximate surface area is 113 Å². The van der Waals surface area contributed by atoms with Gasteiger partial charge >= 0.3 is 6.01 Å². The molecule has 3 N–H and O–H groups in total. The zero-order valence-corrected chi connectivity index (χ0v) is 10.8. The van der Waals surface area contributed by atoms with Crippen LogP contribution in [0.4, 0.5) is 22.0 Å². The van der Waals surface area contributed by atoms with E-state index in [2.05, 4.69) is 20.3 Å². The molecular formula is C11H11ClFN5O. The molecule has 0 spiro atoms. The molecule has 0 unspecified atom stereocenters. The van der Waals surface area contributed by atoms with Gasteiger partial charge in [0.25, 0.3) is 0 Å². The van der Waals surface area contributed by atoms with Crippen LogP contribution in [0.5, 0.6) is 6.01 Å². The number of halogens is 2. The third-order valence-electron chi connectivity index (χ3n) is 2.08. The highest BCUT2D eigenvalue weighted by atomic mass is 35.5. The summed E-state index contributed by atoms with van der Waals surface area (Å²) in [5.74, 6) is -0.429. The fourth-order valence-electron chi connectivity index (χ4n) is 1.34. The molecule has 0 radical (unpaired) electrons. The number of nitrogens with one attached hydrogen (secondary N) is 1. The molecule has 0 fully saturated rings. The second-order valence-electron chi connectivity index (χ2n) is 3.48. The largest absolute Gasteiger partial charge is 0.464 e. The third kappa shape index (κ3) is 3.41. The van der Waals surface area contributed by atoms with Crippen molar-refractivity contribution in [1.82, 2.24) is 15.0 Å². The predicted octanol–water partition coefficient (Wildman–Crippen LogP) is 2.39. The first-order valence-corrected chi connectivity index (χ1v) is 5.82. The van der Waals surface area contributed by atoms with Gasteiger partial charge in [-0.05, 0) is 25.1 Å². The summed E-state index contributed by atoms with van der Waals surface area (Å²) in [5.41, 5.74) is 5.65. The lowest BCUT2D eigenvalue weighted by molar-refractivity contribution is 0.312. The number of rotatable bonds is 4. The van der Waals surface area contributed by atoms with Crippen molar-refractivity contribution in [2.45, 2.75) is 6.92 Å². The van der Waals surface area contributed by atoms with E-state index >= 15 is 0 Å². The number of hydrogen-bond acceptors (Lipinski definition) is 6. The molecule has 0 atom stereocenters. The highest BCUT2D eigenvalue weighted by Gasteiger charge is 2.08. The van der Waals surface area contributed by atoms with Gasteiger partial charge in [0.2, 0.25) is 11.9 Å². The molecule has 1 heterocycles. The standard InChI is InChI=1S/C11H11ClFN5O/c1-2-19-11-17-9(14)16-10(18-11)15-8-5-6(12)3-4-7(8)13/h3-5H,2H2,1H3,(H3,14,15,16,17,18). The van der Waals surface area contributed by atoms with Crippen molar-refractivity contribution in [2.24, 2.45) is 0 Å². The molecule has 19 heavy (non-hydrogen) atoms. The van der Waals surface area contributed by atoms with Crippen LogP contribution in [0, 0.1) is 5.82 Å². The van der Waals surface area contributed by atoms with Crippen LogP contribution in [0.15, 0.2) is 18.2 Å². The van der Waals surface area contributed by atoms with Crippen molar-refractivity contribution in [3.63, 3.8) is 0 Å². The number of anilines is 3. The molecule has 0 saturated heterocycles. The average molecular weight is 284 g/mol.